The van der Waals surface area contributed by atoms with E-state index in [-0.39, 0.29) is 12.1 Å². The van der Waals surface area contributed by atoms with E-state index in [4.69, 9.17) is 16.9 Å². The fourth-order valence-corrected chi connectivity index (χ4v) is 3.90. The molecule has 0 unspecified atom stereocenters. The molecule has 0 radical (unpaired) electrons. The predicted molar refractivity (Wildman–Crippen MR) is 120 cm³/mol. The number of anilines is 2. The fourth-order valence-electron chi connectivity index (χ4n) is 3.90. The molecule has 4 heterocycles. The molecule has 3 aromatic heterocycles. The van der Waals surface area contributed by atoms with Crippen molar-refractivity contribution in [3.63, 3.8) is 0 Å². The van der Waals surface area contributed by atoms with E-state index in [1.807, 2.05) is 0 Å². The third-order valence-corrected chi connectivity index (χ3v) is 5.61. The van der Waals surface area contributed by atoms with Crippen molar-refractivity contribution in [3.05, 3.63) is 76.6 Å². The minimum atomic E-state index is -0.692. The average Bonchev–Trinajstić information content (AvgIpc) is 3.47. The zero-order chi connectivity index (χ0) is 23.1. The first-order valence-corrected chi connectivity index (χ1v) is 10.1. The number of nitrogen functional groups attached to an aromatic ring is 1. The number of rotatable bonds is 4. The summed E-state index contributed by atoms with van der Waals surface area (Å²) in [6.45, 7) is 0.773. The quantitative estimate of drug-likeness (QED) is 0.488. The summed E-state index contributed by atoms with van der Waals surface area (Å²) in [5.74, 6) is 1.60. The Hall–Kier alpha value is -4.29. The van der Waals surface area contributed by atoms with Crippen LogP contribution in [0.1, 0.15) is 32.7 Å². The number of benzene rings is 1. The Bertz CT molecular complexity index is 1440. The Labute approximate surface area is 188 Å². The van der Waals surface area contributed by atoms with Crippen LogP contribution in [0.5, 0.6) is 0 Å². The Balaban J connectivity index is 1.59. The highest BCUT2D eigenvalue weighted by atomic mass is 19.1. The van der Waals surface area contributed by atoms with E-state index in [9.17, 15) is 4.79 Å². The van der Waals surface area contributed by atoms with Crippen molar-refractivity contribution in [2.75, 3.05) is 10.6 Å². The number of hydrogen-bond donors (Lipinski definition) is 1. The van der Waals surface area contributed by atoms with Crippen molar-refractivity contribution < 1.29 is 13.9 Å². The maximum atomic E-state index is 15.2. The van der Waals surface area contributed by atoms with E-state index >= 15 is 4.39 Å². The maximum absolute atomic E-state index is 15.2. The molecule has 0 bridgehead atoms. The maximum Gasteiger partial charge on any atom is 0.261 e. The van der Waals surface area contributed by atoms with Gasteiger partial charge in [-0.2, -0.15) is 5.10 Å². The zero-order valence-corrected chi connectivity index (χ0v) is 17.7. The van der Waals surface area contributed by atoms with Crippen molar-refractivity contribution in [1.29, 1.82) is 0 Å². The van der Waals surface area contributed by atoms with E-state index in [1.165, 1.54) is 17.0 Å². The number of carbonyl (C=O) groups excluding carboxylic acids is 1. The number of aromatic nitrogens is 4. The topological polar surface area (TPSA) is 99.2 Å². The van der Waals surface area contributed by atoms with Crippen LogP contribution in [0.25, 0.3) is 10.9 Å². The number of fused-ring (bicyclic) bond motifs is 3. The van der Waals surface area contributed by atoms with Crippen LogP contribution in [0.2, 0.25) is 0 Å². The van der Waals surface area contributed by atoms with Gasteiger partial charge in [-0.25, -0.2) is 9.37 Å². The first kappa shape index (κ1) is 20.6. The number of nitrogens with two attached hydrogens (primary N) is 1. The summed E-state index contributed by atoms with van der Waals surface area (Å²) in [5.41, 5.74) is 9.62. The Kier molecular flexibility index (Phi) is 4.99. The largest absolute Gasteiger partial charge is 0.383 e. The second-order valence-electron chi connectivity index (χ2n) is 7.74. The summed E-state index contributed by atoms with van der Waals surface area (Å²) in [7, 11) is 1.74. The van der Waals surface area contributed by atoms with Gasteiger partial charge in [0.05, 0.1) is 48.4 Å². The molecule has 0 aliphatic carbocycles. The second-order valence-corrected chi connectivity index (χ2v) is 7.74. The molecule has 1 aliphatic rings. The Morgan fingerprint density at radius 3 is 2.82 bits per heavy atom. The van der Waals surface area contributed by atoms with Gasteiger partial charge < -0.3 is 10.5 Å². The molecule has 0 saturated carbocycles. The summed E-state index contributed by atoms with van der Waals surface area (Å²) in [4.78, 5) is 23.7. The van der Waals surface area contributed by atoms with Crippen molar-refractivity contribution in [1.82, 2.24) is 19.7 Å². The number of nitrogens with zero attached hydrogens (tertiary/aromatic N) is 5. The molecule has 33 heavy (non-hydrogen) atoms. The van der Waals surface area contributed by atoms with Crippen LogP contribution >= 0.6 is 0 Å². The third-order valence-electron chi connectivity index (χ3n) is 5.61. The summed E-state index contributed by atoms with van der Waals surface area (Å²) in [6.07, 6.45) is 10.2. The van der Waals surface area contributed by atoms with Crippen LogP contribution in [0.15, 0.2) is 42.9 Å². The lowest BCUT2D eigenvalue weighted by molar-refractivity contribution is 0.0981. The molecule has 0 saturated heterocycles. The van der Waals surface area contributed by atoms with E-state index in [1.54, 1.807) is 42.5 Å². The molecule has 1 aliphatic heterocycles. The highest BCUT2D eigenvalue weighted by Crippen LogP contribution is 2.33. The SMILES string of the molecule is C#Cc1ccc(CN(C(=O)c2cc3c4c(c(N)nc3cc2F)COC4)c2cnn(C)c2)nc1. The van der Waals surface area contributed by atoms with Crippen LogP contribution in [0.4, 0.5) is 15.9 Å². The molecule has 164 valence electrons. The van der Waals surface area contributed by atoms with Crippen LogP contribution in [0.3, 0.4) is 0 Å². The van der Waals surface area contributed by atoms with Gasteiger partial charge >= 0.3 is 0 Å². The number of hydrogen-bond acceptors (Lipinski definition) is 6. The first-order chi connectivity index (χ1) is 15.9. The Morgan fingerprint density at radius 1 is 1.30 bits per heavy atom. The summed E-state index contributed by atoms with van der Waals surface area (Å²) >= 11 is 0. The lowest BCUT2D eigenvalue weighted by Crippen LogP contribution is -2.31. The molecule has 5 rings (SSSR count). The van der Waals surface area contributed by atoms with E-state index < -0.39 is 11.7 Å². The fraction of sp³-hybridized carbons (Fsp3) is 0.167. The minimum absolute atomic E-state index is 0.0905. The lowest BCUT2D eigenvalue weighted by atomic mass is 10.0. The van der Waals surface area contributed by atoms with Crippen molar-refractivity contribution in [2.45, 2.75) is 19.8 Å². The molecule has 0 atom stereocenters. The highest BCUT2D eigenvalue weighted by Gasteiger charge is 2.26. The van der Waals surface area contributed by atoms with Crippen LogP contribution in [0, 0.1) is 18.2 Å². The molecular weight excluding hydrogens is 423 g/mol. The average molecular weight is 442 g/mol. The number of halogens is 1. The third kappa shape index (κ3) is 3.66. The number of carbonyl (C=O) groups is 1. The summed E-state index contributed by atoms with van der Waals surface area (Å²) < 4.78 is 22.2. The van der Waals surface area contributed by atoms with Gasteiger partial charge in [-0.15, -0.1) is 6.42 Å². The summed E-state index contributed by atoms with van der Waals surface area (Å²) in [6, 6.07) is 6.23. The van der Waals surface area contributed by atoms with Gasteiger partial charge in [-0.3, -0.25) is 19.4 Å². The van der Waals surface area contributed by atoms with E-state index in [0.29, 0.717) is 46.9 Å². The smallest absolute Gasteiger partial charge is 0.261 e. The van der Waals surface area contributed by atoms with Crippen LogP contribution < -0.4 is 10.6 Å². The standard InChI is InChI=1S/C24H19FN6O2/c1-3-14-4-5-15(27-8-14)10-31(16-9-28-30(2)11-16)24(32)18-6-17-19-12-33-13-20(19)23(26)29-22(17)7-21(18)25/h1,4-9,11H,10,12-13H2,2H3,(H2,26,29). The van der Waals surface area contributed by atoms with Gasteiger partial charge in [0.1, 0.15) is 11.6 Å². The molecule has 1 amide bonds. The minimum Gasteiger partial charge on any atom is -0.383 e. The molecular formula is C24H19FN6O2. The van der Waals surface area contributed by atoms with Crippen LogP contribution in [-0.2, 0) is 31.5 Å². The number of terminal acetylenes is 1. The highest BCUT2D eigenvalue weighted by molar-refractivity contribution is 6.08. The summed E-state index contributed by atoms with van der Waals surface area (Å²) in [5, 5.41) is 4.80. The van der Waals surface area contributed by atoms with E-state index in [0.717, 1.165) is 11.1 Å². The second kappa shape index (κ2) is 8.00. The molecule has 9 heteroatoms. The molecule has 8 nitrogen and oxygen atoms in total. The van der Waals surface area contributed by atoms with Gasteiger partial charge in [-0.1, -0.05) is 5.92 Å². The van der Waals surface area contributed by atoms with Crippen LogP contribution in [-0.4, -0.2) is 25.7 Å². The number of ether oxygens (including phenoxy) is 1. The number of pyridine rings is 2. The van der Waals surface area contributed by atoms with Gasteiger partial charge in [-0.05, 0) is 23.8 Å². The molecule has 4 aromatic rings. The monoisotopic (exact) mass is 442 g/mol. The zero-order valence-electron chi connectivity index (χ0n) is 17.7. The molecule has 1 aromatic carbocycles. The first-order valence-electron chi connectivity index (χ1n) is 10.1. The number of aryl methyl sites for hydroxylation is 1. The van der Waals surface area contributed by atoms with Crippen molar-refractivity contribution in [3.8, 4) is 12.3 Å². The molecule has 0 spiro atoms. The van der Waals surface area contributed by atoms with Gasteiger partial charge in [0.15, 0.2) is 0 Å². The predicted octanol–water partition coefficient (Wildman–Crippen LogP) is 2.94. The van der Waals surface area contributed by atoms with Crippen molar-refractivity contribution >= 4 is 28.3 Å². The van der Waals surface area contributed by atoms with Gasteiger partial charge in [0.2, 0.25) is 0 Å². The Morgan fingerprint density at radius 2 is 2.12 bits per heavy atom. The number of amides is 1. The van der Waals surface area contributed by atoms with Gasteiger partial charge in [0.25, 0.3) is 5.91 Å². The lowest BCUT2D eigenvalue weighted by Gasteiger charge is -2.21. The van der Waals surface area contributed by atoms with Crippen molar-refractivity contribution in [2.24, 2.45) is 7.05 Å². The van der Waals surface area contributed by atoms with E-state index in [2.05, 4.69) is 21.0 Å². The molecule has 0 fully saturated rings. The normalized spacial score (nSPS) is 12.5. The molecule has 2 N–H and O–H groups in total. The van der Waals surface area contributed by atoms with Gasteiger partial charge in [0, 0.05) is 42.0 Å².